The molecule has 1 fully saturated rings. The molecule has 1 aliphatic rings. The number of pyridine rings is 1. The summed E-state index contributed by atoms with van der Waals surface area (Å²) in [5.74, 6) is 0.162. The van der Waals surface area contributed by atoms with Crippen molar-refractivity contribution in [3.05, 3.63) is 78.1 Å². The quantitative estimate of drug-likeness (QED) is 0.387. The van der Waals surface area contributed by atoms with Gasteiger partial charge in [-0.15, -0.1) is 0 Å². The van der Waals surface area contributed by atoms with Crippen LogP contribution in [-0.4, -0.2) is 34.6 Å². The van der Waals surface area contributed by atoms with Crippen LogP contribution in [0.2, 0.25) is 0 Å². The number of fused-ring (bicyclic) bond motifs is 2. The van der Waals surface area contributed by atoms with E-state index in [1.54, 1.807) is 0 Å². The summed E-state index contributed by atoms with van der Waals surface area (Å²) in [7, 11) is 1.45. The van der Waals surface area contributed by atoms with Gasteiger partial charge in [-0.05, 0) is 62.3 Å². The summed E-state index contributed by atoms with van der Waals surface area (Å²) in [6, 6.07) is 18.2. The molecule has 180 valence electrons. The Morgan fingerprint density at radius 1 is 1.03 bits per heavy atom. The highest BCUT2D eigenvalue weighted by atomic mass is 16.5. The molecule has 1 atom stereocenters. The molecule has 0 bridgehead atoms. The molecule has 1 aliphatic carbocycles. The van der Waals surface area contributed by atoms with Gasteiger partial charge < -0.3 is 14.6 Å². The Balaban J connectivity index is 1.36. The first-order chi connectivity index (χ1) is 17.0. The Kier molecular flexibility index (Phi) is 6.53. The molecule has 2 heterocycles. The van der Waals surface area contributed by atoms with Crippen LogP contribution in [0.3, 0.4) is 0 Å². The van der Waals surface area contributed by atoms with Crippen molar-refractivity contribution in [2.45, 2.75) is 45.2 Å². The molecule has 6 heteroatoms. The SMILES string of the molecule is COC(=O)[C@H]1CC[C@H](C(C)NC(=O)c2cccc3ccn(Cc4cccc5cccnc45)c23)CC1. The van der Waals surface area contributed by atoms with E-state index in [1.165, 1.54) is 7.11 Å². The number of nitrogens with one attached hydrogen (secondary N) is 1. The number of carbonyl (C=O) groups is 2. The number of aromatic nitrogens is 2. The van der Waals surface area contributed by atoms with Gasteiger partial charge in [0.05, 0.1) is 29.6 Å². The molecule has 0 saturated heterocycles. The Bertz CT molecular complexity index is 1360. The fourth-order valence-corrected chi connectivity index (χ4v) is 5.48. The van der Waals surface area contributed by atoms with Crippen molar-refractivity contribution in [1.82, 2.24) is 14.9 Å². The molecule has 2 aromatic heterocycles. The van der Waals surface area contributed by atoms with Gasteiger partial charge in [0, 0.05) is 35.8 Å². The minimum Gasteiger partial charge on any atom is -0.469 e. The summed E-state index contributed by atoms with van der Waals surface area (Å²) in [6.45, 7) is 2.71. The summed E-state index contributed by atoms with van der Waals surface area (Å²) in [5, 5.41) is 5.39. The van der Waals surface area contributed by atoms with Crippen LogP contribution in [-0.2, 0) is 16.1 Å². The molecule has 4 aromatic rings. The van der Waals surface area contributed by atoms with Crippen molar-refractivity contribution in [2.24, 2.45) is 11.8 Å². The fourth-order valence-electron chi connectivity index (χ4n) is 5.48. The van der Waals surface area contributed by atoms with Crippen molar-refractivity contribution in [1.29, 1.82) is 0 Å². The number of methoxy groups -OCH3 is 1. The highest BCUT2D eigenvalue weighted by molar-refractivity contribution is 6.06. The van der Waals surface area contributed by atoms with Gasteiger partial charge in [0.1, 0.15) is 0 Å². The molecule has 0 aliphatic heterocycles. The van der Waals surface area contributed by atoms with E-state index in [0.29, 0.717) is 18.0 Å². The zero-order chi connectivity index (χ0) is 24.4. The zero-order valence-electron chi connectivity index (χ0n) is 20.2. The first-order valence-electron chi connectivity index (χ1n) is 12.3. The maximum Gasteiger partial charge on any atom is 0.308 e. The van der Waals surface area contributed by atoms with Crippen LogP contribution >= 0.6 is 0 Å². The molecule has 0 radical (unpaired) electrons. The number of rotatable bonds is 6. The summed E-state index contributed by atoms with van der Waals surface area (Å²) < 4.78 is 7.04. The lowest BCUT2D eigenvalue weighted by Crippen LogP contribution is -2.40. The topological polar surface area (TPSA) is 73.2 Å². The lowest BCUT2D eigenvalue weighted by Gasteiger charge is -2.31. The predicted octanol–water partition coefficient (Wildman–Crippen LogP) is 5.34. The van der Waals surface area contributed by atoms with E-state index in [1.807, 2.05) is 36.7 Å². The zero-order valence-corrected chi connectivity index (χ0v) is 20.2. The number of benzene rings is 2. The van der Waals surface area contributed by atoms with E-state index in [9.17, 15) is 9.59 Å². The molecule has 1 unspecified atom stereocenters. The molecule has 0 spiro atoms. The molecular weight excluding hydrogens is 438 g/mol. The number of hydrogen-bond donors (Lipinski definition) is 1. The van der Waals surface area contributed by atoms with Gasteiger partial charge in [-0.1, -0.05) is 36.4 Å². The second-order valence-corrected chi connectivity index (χ2v) is 9.58. The number of para-hydroxylation sites is 2. The number of ether oxygens (including phenoxy) is 1. The Labute approximate surface area is 205 Å². The lowest BCUT2D eigenvalue weighted by atomic mass is 9.79. The monoisotopic (exact) mass is 469 g/mol. The number of carbonyl (C=O) groups excluding carboxylic acids is 2. The van der Waals surface area contributed by atoms with Gasteiger partial charge in [-0.3, -0.25) is 14.6 Å². The van der Waals surface area contributed by atoms with Gasteiger partial charge in [0.2, 0.25) is 0 Å². The Hall–Kier alpha value is -3.67. The number of nitrogens with zero attached hydrogens (tertiary/aromatic N) is 2. The maximum absolute atomic E-state index is 13.4. The summed E-state index contributed by atoms with van der Waals surface area (Å²) >= 11 is 0. The van der Waals surface area contributed by atoms with Crippen LogP contribution in [0.4, 0.5) is 0 Å². The highest BCUT2D eigenvalue weighted by Crippen LogP contribution is 2.32. The molecule has 2 aromatic carbocycles. The van der Waals surface area contributed by atoms with Crippen molar-refractivity contribution < 1.29 is 14.3 Å². The Morgan fingerprint density at radius 2 is 1.77 bits per heavy atom. The number of amides is 1. The van der Waals surface area contributed by atoms with Crippen LogP contribution in [0.1, 0.15) is 48.5 Å². The van der Waals surface area contributed by atoms with Crippen LogP contribution in [0.5, 0.6) is 0 Å². The predicted molar refractivity (Wildman–Crippen MR) is 137 cm³/mol. The average Bonchev–Trinajstić information content (AvgIpc) is 3.31. The van der Waals surface area contributed by atoms with E-state index in [-0.39, 0.29) is 23.8 Å². The van der Waals surface area contributed by atoms with Gasteiger partial charge >= 0.3 is 5.97 Å². The second-order valence-electron chi connectivity index (χ2n) is 9.58. The third-order valence-electron chi connectivity index (χ3n) is 7.46. The highest BCUT2D eigenvalue weighted by Gasteiger charge is 2.30. The van der Waals surface area contributed by atoms with Crippen LogP contribution in [0.15, 0.2) is 67.0 Å². The van der Waals surface area contributed by atoms with Crippen LogP contribution in [0, 0.1) is 11.8 Å². The van der Waals surface area contributed by atoms with Gasteiger partial charge in [-0.25, -0.2) is 0 Å². The van der Waals surface area contributed by atoms with Crippen molar-refractivity contribution in [3.8, 4) is 0 Å². The Morgan fingerprint density at radius 3 is 2.57 bits per heavy atom. The van der Waals surface area contributed by atoms with Crippen LogP contribution in [0.25, 0.3) is 21.8 Å². The van der Waals surface area contributed by atoms with E-state index in [4.69, 9.17) is 4.74 Å². The van der Waals surface area contributed by atoms with Crippen molar-refractivity contribution >= 4 is 33.7 Å². The largest absolute Gasteiger partial charge is 0.469 e. The smallest absolute Gasteiger partial charge is 0.308 e. The summed E-state index contributed by atoms with van der Waals surface area (Å²) in [4.78, 5) is 29.9. The molecule has 1 saturated carbocycles. The molecular formula is C29H31N3O3. The normalized spacial score (nSPS) is 18.9. The second kappa shape index (κ2) is 9.90. The first-order valence-corrected chi connectivity index (χ1v) is 12.3. The third-order valence-corrected chi connectivity index (χ3v) is 7.46. The first kappa shape index (κ1) is 23.1. The molecule has 35 heavy (non-hydrogen) atoms. The summed E-state index contributed by atoms with van der Waals surface area (Å²) in [5.41, 5.74) is 3.71. The van der Waals surface area contributed by atoms with Gasteiger partial charge in [-0.2, -0.15) is 0 Å². The van der Waals surface area contributed by atoms with E-state index < -0.39 is 0 Å². The van der Waals surface area contributed by atoms with Crippen LogP contribution < -0.4 is 5.32 Å². The molecule has 1 N–H and O–H groups in total. The fraction of sp³-hybridized carbons (Fsp3) is 0.345. The minimum absolute atomic E-state index is 0.0141. The van der Waals surface area contributed by atoms with E-state index >= 15 is 0 Å². The third kappa shape index (κ3) is 4.65. The van der Waals surface area contributed by atoms with Gasteiger partial charge in [0.15, 0.2) is 0 Å². The molecule has 5 rings (SSSR count). The molecule has 1 amide bonds. The average molecular weight is 470 g/mol. The number of hydrogen-bond acceptors (Lipinski definition) is 4. The number of esters is 1. The van der Waals surface area contributed by atoms with E-state index in [2.05, 4.69) is 52.1 Å². The standard InChI is InChI=1S/C29H31N3O3/c1-19(20-11-13-23(14-12-20)29(34)35-2)31-28(33)25-10-4-7-22-15-17-32(27(22)25)18-24-8-3-6-21-9-5-16-30-26(21)24/h3-10,15-17,19-20,23H,11-14,18H2,1-2H3,(H,31,33)/t19?,20-,23-. The minimum atomic E-state index is -0.117. The van der Waals surface area contributed by atoms with Crippen molar-refractivity contribution in [3.63, 3.8) is 0 Å². The van der Waals surface area contributed by atoms with Gasteiger partial charge in [0.25, 0.3) is 5.91 Å². The van der Waals surface area contributed by atoms with E-state index in [0.717, 1.165) is 53.1 Å². The molecule has 6 nitrogen and oxygen atoms in total. The maximum atomic E-state index is 13.4. The lowest BCUT2D eigenvalue weighted by molar-refractivity contribution is -0.146. The summed E-state index contributed by atoms with van der Waals surface area (Å²) in [6.07, 6.45) is 7.31. The van der Waals surface area contributed by atoms with Crippen molar-refractivity contribution in [2.75, 3.05) is 7.11 Å².